The summed E-state index contributed by atoms with van der Waals surface area (Å²) in [5.41, 5.74) is 7.08. The Morgan fingerprint density at radius 2 is 1.89 bits per heavy atom. The van der Waals surface area contributed by atoms with E-state index in [2.05, 4.69) is 73.4 Å². The van der Waals surface area contributed by atoms with Crippen molar-refractivity contribution in [1.29, 1.82) is 0 Å². The van der Waals surface area contributed by atoms with Crippen LogP contribution < -0.4 is 0 Å². The van der Waals surface area contributed by atoms with Crippen molar-refractivity contribution in [3.05, 3.63) is 58.7 Å². The van der Waals surface area contributed by atoms with Crippen molar-refractivity contribution in [3.8, 4) is 0 Å². The van der Waals surface area contributed by atoms with E-state index in [0.29, 0.717) is 0 Å². The fraction of sp³-hybridized carbons (Fsp3) is 0.615. The van der Waals surface area contributed by atoms with Gasteiger partial charge in [0.1, 0.15) is 0 Å². The van der Waals surface area contributed by atoms with Gasteiger partial charge in [0.05, 0.1) is 0 Å². The average Bonchev–Trinajstić information content (AvgIpc) is 3.30. The first-order valence-corrected chi connectivity index (χ1v) is 17.3. The van der Waals surface area contributed by atoms with Gasteiger partial charge in [-0.25, -0.2) is 0 Å². The van der Waals surface area contributed by atoms with E-state index in [1.807, 2.05) is 0 Å². The molecule has 1 heteroatoms. The Labute approximate surface area is 175 Å². The molecule has 0 spiro atoms. The van der Waals surface area contributed by atoms with E-state index in [4.69, 9.17) is 0 Å². The number of allylic oxidation sites excluding steroid dienone is 10. The fourth-order valence-electron chi connectivity index (χ4n) is 6.71. The van der Waals surface area contributed by atoms with Crippen LogP contribution in [0, 0.1) is 22.7 Å². The summed E-state index contributed by atoms with van der Waals surface area (Å²) >= 11 is -1.23. The normalized spacial score (nSPS) is 40.9. The first kappa shape index (κ1) is 19.9. The second-order valence-corrected chi connectivity index (χ2v) is 17.4. The van der Waals surface area contributed by atoms with E-state index in [0.717, 1.165) is 21.9 Å². The molecule has 5 unspecified atom stereocenters. The van der Waals surface area contributed by atoms with Crippen LogP contribution in [0.3, 0.4) is 0 Å². The molecule has 0 N–H and O–H groups in total. The summed E-state index contributed by atoms with van der Waals surface area (Å²) in [4.78, 5) is 0. The molecule has 0 aliphatic heterocycles. The van der Waals surface area contributed by atoms with Crippen molar-refractivity contribution in [2.45, 2.75) is 72.7 Å². The van der Waals surface area contributed by atoms with Crippen molar-refractivity contribution in [3.63, 3.8) is 0 Å². The van der Waals surface area contributed by atoms with Gasteiger partial charge in [-0.05, 0) is 0 Å². The fourth-order valence-corrected chi connectivity index (χ4v) is 11.8. The maximum absolute atomic E-state index is 2.65. The first-order valence-electron chi connectivity index (χ1n) is 11.0. The monoisotopic (exact) mass is 439 g/mol. The van der Waals surface area contributed by atoms with E-state index in [-0.39, 0.29) is 10.8 Å². The zero-order chi connectivity index (χ0) is 19.4. The maximum atomic E-state index is 2.65. The van der Waals surface area contributed by atoms with Crippen LogP contribution in [-0.4, -0.2) is 0 Å². The van der Waals surface area contributed by atoms with Crippen molar-refractivity contribution < 1.29 is 21.8 Å². The summed E-state index contributed by atoms with van der Waals surface area (Å²) in [6.07, 6.45) is 21.2. The van der Waals surface area contributed by atoms with E-state index in [9.17, 15) is 0 Å². The topological polar surface area (TPSA) is 0 Å². The Morgan fingerprint density at radius 1 is 1.11 bits per heavy atom. The van der Waals surface area contributed by atoms with Crippen LogP contribution in [-0.2, 0) is 21.8 Å². The van der Waals surface area contributed by atoms with Crippen molar-refractivity contribution in [2.24, 2.45) is 22.7 Å². The molecule has 0 aromatic carbocycles. The third-order valence-corrected chi connectivity index (χ3v) is 13.9. The number of hydrogen-bond donors (Lipinski definition) is 0. The summed E-state index contributed by atoms with van der Waals surface area (Å²) in [6.45, 7) is 9.92. The van der Waals surface area contributed by atoms with Gasteiger partial charge in [-0.3, -0.25) is 0 Å². The second-order valence-electron chi connectivity index (χ2n) is 10.3. The standard InChI is InChI=1S/C24H31.2CH3.Zr/c1-17-16-19-8-7-11-22(19)24(4,18(17)2)21-12-14-23(3,15-13-21)20-9-5-6-10-20;;;/h5-6,9,11-14,19,22H,7-8,10,15-16H2,1-4H3;2*1H3;. The minimum absolute atomic E-state index is 0.218. The van der Waals surface area contributed by atoms with Crippen LogP contribution in [0.15, 0.2) is 58.7 Å². The molecule has 145 valence electrons. The Kier molecular flexibility index (Phi) is 5.25. The van der Waals surface area contributed by atoms with Crippen LogP contribution in [0.4, 0.5) is 0 Å². The minimum atomic E-state index is -1.23. The molecule has 0 aromatic heterocycles. The molecular formula is C26H37Zr. The Morgan fingerprint density at radius 3 is 2.48 bits per heavy atom. The van der Waals surface area contributed by atoms with E-state index in [1.165, 1.54) is 25.7 Å². The second kappa shape index (κ2) is 7.12. The molecule has 0 heterocycles. The summed E-state index contributed by atoms with van der Waals surface area (Å²) in [5.74, 6) is 1.83. The SMILES string of the molecule is CC1=C(C)C(C)(C2=CCC(C)(C3=CC=CC3)C=C2)C2C(CC[CH]2[Zr]([CH3])[CH3])C1. The molecule has 4 rings (SSSR count). The van der Waals surface area contributed by atoms with Gasteiger partial charge in [-0.1, -0.05) is 0 Å². The number of hydrogen-bond acceptors (Lipinski definition) is 0. The molecule has 0 nitrogen and oxygen atoms in total. The average molecular weight is 441 g/mol. The third-order valence-electron chi connectivity index (χ3n) is 8.67. The van der Waals surface area contributed by atoms with E-state index < -0.39 is 21.8 Å². The van der Waals surface area contributed by atoms with Crippen molar-refractivity contribution >= 4 is 0 Å². The van der Waals surface area contributed by atoms with Crippen LogP contribution in [0.2, 0.25) is 12.9 Å². The summed E-state index contributed by atoms with van der Waals surface area (Å²) < 4.78 is 6.37. The summed E-state index contributed by atoms with van der Waals surface area (Å²) in [5, 5.41) is 0. The Bertz CT molecular complexity index is 774. The van der Waals surface area contributed by atoms with Crippen molar-refractivity contribution in [2.75, 3.05) is 0 Å². The van der Waals surface area contributed by atoms with Gasteiger partial charge in [-0.2, -0.15) is 0 Å². The molecule has 5 atom stereocenters. The molecule has 0 radical (unpaired) electrons. The van der Waals surface area contributed by atoms with Gasteiger partial charge in [0, 0.05) is 0 Å². The van der Waals surface area contributed by atoms with Gasteiger partial charge in [-0.15, -0.1) is 0 Å². The summed E-state index contributed by atoms with van der Waals surface area (Å²) in [6, 6.07) is 0. The molecule has 0 amide bonds. The zero-order valence-corrected chi connectivity index (χ0v) is 20.7. The van der Waals surface area contributed by atoms with Gasteiger partial charge in [0.15, 0.2) is 0 Å². The molecule has 0 aromatic rings. The third kappa shape index (κ3) is 3.12. The van der Waals surface area contributed by atoms with Crippen LogP contribution in [0.1, 0.15) is 59.8 Å². The zero-order valence-electron chi connectivity index (χ0n) is 18.2. The van der Waals surface area contributed by atoms with Crippen LogP contribution in [0.25, 0.3) is 0 Å². The number of rotatable bonds is 3. The first-order chi connectivity index (χ1) is 12.8. The van der Waals surface area contributed by atoms with Gasteiger partial charge >= 0.3 is 176 Å². The molecule has 4 aliphatic carbocycles. The molecule has 0 saturated heterocycles. The van der Waals surface area contributed by atoms with Crippen LogP contribution in [0.5, 0.6) is 0 Å². The molecule has 4 aliphatic rings. The van der Waals surface area contributed by atoms with Gasteiger partial charge in [0.2, 0.25) is 0 Å². The molecular weight excluding hydrogens is 404 g/mol. The van der Waals surface area contributed by atoms with E-state index in [1.54, 1.807) is 22.3 Å². The molecule has 27 heavy (non-hydrogen) atoms. The Balaban J connectivity index is 1.71. The van der Waals surface area contributed by atoms with Crippen LogP contribution >= 0.6 is 0 Å². The molecule has 0 bridgehead atoms. The molecule has 1 fully saturated rings. The van der Waals surface area contributed by atoms with Gasteiger partial charge < -0.3 is 0 Å². The number of fused-ring (bicyclic) bond motifs is 1. The van der Waals surface area contributed by atoms with Gasteiger partial charge in [0.25, 0.3) is 0 Å². The van der Waals surface area contributed by atoms with Crippen molar-refractivity contribution in [1.82, 2.24) is 0 Å². The molecule has 1 saturated carbocycles. The Hall–Kier alpha value is -0.417. The van der Waals surface area contributed by atoms with E-state index >= 15 is 0 Å². The quantitative estimate of drug-likeness (QED) is 0.389. The predicted octanol–water partition coefficient (Wildman–Crippen LogP) is 8.04. The summed E-state index contributed by atoms with van der Waals surface area (Å²) in [7, 11) is 0. The predicted molar refractivity (Wildman–Crippen MR) is 115 cm³/mol.